The normalized spacial score (nSPS) is 16.3. The first kappa shape index (κ1) is 18.3. The second-order valence-corrected chi connectivity index (χ2v) is 6.84. The number of nitrogens with zero attached hydrogens (tertiary/aromatic N) is 1. The molecule has 1 saturated carbocycles. The summed E-state index contributed by atoms with van der Waals surface area (Å²) in [6.45, 7) is 4.01. The third-order valence-electron chi connectivity index (χ3n) is 4.48. The Kier molecular flexibility index (Phi) is 6.23. The summed E-state index contributed by atoms with van der Waals surface area (Å²) in [5.74, 6) is -0.298. The van der Waals surface area contributed by atoms with Gasteiger partial charge in [-0.3, -0.25) is 9.59 Å². The van der Waals surface area contributed by atoms with Crippen LogP contribution in [0, 0.1) is 11.8 Å². The summed E-state index contributed by atoms with van der Waals surface area (Å²) >= 11 is 0. The van der Waals surface area contributed by atoms with Crippen molar-refractivity contribution in [2.45, 2.75) is 45.6 Å². The van der Waals surface area contributed by atoms with E-state index in [0.717, 1.165) is 30.6 Å². The highest BCUT2D eigenvalue weighted by molar-refractivity contribution is 5.78. The van der Waals surface area contributed by atoms with E-state index in [9.17, 15) is 9.59 Å². The Morgan fingerprint density at radius 2 is 1.96 bits per heavy atom. The minimum absolute atomic E-state index is 0.0630. The Bertz CT molecular complexity index is 582. The van der Waals surface area contributed by atoms with Gasteiger partial charge in [0.25, 0.3) is 0 Å². The van der Waals surface area contributed by atoms with Crippen molar-refractivity contribution in [3.63, 3.8) is 0 Å². The molecule has 2 atom stereocenters. The molecule has 1 aromatic rings. The molecule has 0 aliphatic heterocycles. The number of para-hydroxylation sites is 1. The molecule has 0 saturated heterocycles. The van der Waals surface area contributed by atoms with Gasteiger partial charge in [-0.05, 0) is 36.8 Å². The maximum absolute atomic E-state index is 12.6. The largest absolute Gasteiger partial charge is 0.496 e. The number of amides is 1. The number of rotatable bonds is 9. The van der Waals surface area contributed by atoms with Gasteiger partial charge in [0.15, 0.2) is 0 Å². The lowest BCUT2D eigenvalue weighted by atomic mass is 9.96. The first-order chi connectivity index (χ1) is 11.4. The van der Waals surface area contributed by atoms with E-state index in [1.54, 1.807) is 18.9 Å². The Morgan fingerprint density at radius 1 is 1.29 bits per heavy atom. The highest BCUT2D eigenvalue weighted by Gasteiger charge is 2.34. The van der Waals surface area contributed by atoms with Crippen molar-refractivity contribution in [2.75, 3.05) is 13.7 Å². The first-order valence-electron chi connectivity index (χ1n) is 8.56. The fourth-order valence-electron chi connectivity index (χ4n) is 2.95. The second kappa shape index (κ2) is 8.18. The summed E-state index contributed by atoms with van der Waals surface area (Å²) in [6.07, 6.45) is 3.17. The van der Waals surface area contributed by atoms with Gasteiger partial charge in [0.05, 0.1) is 13.0 Å². The summed E-state index contributed by atoms with van der Waals surface area (Å²) in [4.78, 5) is 25.5. The molecule has 0 bridgehead atoms. The topological polar surface area (TPSA) is 66.8 Å². The third-order valence-corrected chi connectivity index (χ3v) is 4.48. The quantitative estimate of drug-likeness (QED) is 0.754. The predicted molar refractivity (Wildman–Crippen MR) is 92.0 cm³/mol. The van der Waals surface area contributed by atoms with E-state index < -0.39 is 11.9 Å². The molecule has 132 valence electrons. The highest BCUT2D eigenvalue weighted by Crippen LogP contribution is 2.29. The average molecular weight is 333 g/mol. The van der Waals surface area contributed by atoms with Crippen molar-refractivity contribution in [1.82, 2.24) is 4.90 Å². The number of methoxy groups -OCH3 is 1. The van der Waals surface area contributed by atoms with Crippen molar-refractivity contribution in [1.29, 1.82) is 0 Å². The van der Waals surface area contributed by atoms with E-state index in [0.29, 0.717) is 13.0 Å². The lowest BCUT2D eigenvalue weighted by Gasteiger charge is -2.26. The molecule has 2 unspecified atom stereocenters. The molecule has 1 fully saturated rings. The minimum Gasteiger partial charge on any atom is -0.496 e. The second-order valence-electron chi connectivity index (χ2n) is 6.84. The van der Waals surface area contributed by atoms with Crippen molar-refractivity contribution >= 4 is 11.9 Å². The number of hydrogen-bond acceptors (Lipinski definition) is 3. The Balaban J connectivity index is 1.94. The smallest absolute Gasteiger partial charge is 0.308 e. The van der Waals surface area contributed by atoms with E-state index in [-0.39, 0.29) is 17.9 Å². The maximum atomic E-state index is 12.6. The zero-order chi connectivity index (χ0) is 17.7. The first-order valence-corrected chi connectivity index (χ1v) is 8.56. The molecule has 2 rings (SSSR count). The standard InChI is InChI=1S/C19H27NO4/c1-13(10-15-6-4-5-7-17(15)24-3)11-18(21)20(16-8-9-16)12-14(2)19(22)23/h4-7,13-14,16H,8-12H2,1-3H3,(H,22,23). The van der Waals surface area contributed by atoms with E-state index in [4.69, 9.17) is 9.84 Å². The van der Waals surface area contributed by atoms with Crippen LogP contribution in [0.2, 0.25) is 0 Å². The zero-order valence-corrected chi connectivity index (χ0v) is 14.7. The average Bonchev–Trinajstić information content (AvgIpc) is 3.37. The lowest BCUT2D eigenvalue weighted by molar-refractivity contribution is -0.143. The summed E-state index contributed by atoms with van der Waals surface area (Å²) < 4.78 is 5.37. The van der Waals surface area contributed by atoms with E-state index in [2.05, 4.69) is 6.92 Å². The van der Waals surface area contributed by atoms with Gasteiger partial charge in [0.1, 0.15) is 5.75 Å². The van der Waals surface area contributed by atoms with Crippen LogP contribution in [-0.2, 0) is 16.0 Å². The van der Waals surface area contributed by atoms with Gasteiger partial charge in [0.2, 0.25) is 5.91 Å². The lowest BCUT2D eigenvalue weighted by Crippen LogP contribution is -2.39. The van der Waals surface area contributed by atoms with Crippen LogP contribution in [0.5, 0.6) is 5.75 Å². The fraction of sp³-hybridized carbons (Fsp3) is 0.579. The molecule has 1 aliphatic carbocycles. The minimum atomic E-state index is -0.851. The van der Waals surface area contributed by atoms with E-state index in [1.165, 1.54) is 0 Å². The number of carbonyl (C=O) groups excluding carboxylic acids is 1. The molecule has 0 aromatic heterocycles. The number of carbonyl (C=O) groups is 2. The molecular weight excluding hydrogens is 306 g/mol. The third kappa shape index (κ3) is 4.98. The number of carboxylic acid groups (broad SMARTS) is 1. The van der Waals surface area contributed by atoms with Crippen molar-refractivity contribution in [3.05, 3.63) is 29.8 Å². The molecule has 5 nitrogen and oxygen atoms in total. The molecule has 0 spiro atoms. The number of carboxylic acids is 1. The van der Waals surface area contributed by atoms with Crippen LogP contribution >= 0.6 is 0 Å². The van der Waals surface area contributed by atoms with Crippen LogP contribution in [0.3, 0.4) is 0 Å². The van der Waals surface area contributed by atoms with Gasteiger partial charge in [-0.2, -0.15) is 0 Å². The summed E-state index contributed by atoms with van der Waals surface area (Å²) in [5, 5.41) is 9.10. The SMILES string of the molecule is COc1ccccc1CC(C)CC(=O)N(CC(C)C(=O)O)C1CC1. The number of hydrogen-bond donors (Lipinski definition) is 1. The monoisotopic (exact) mass is 333 g/mol. The van der Waals surface area contributed by atoms with Gasteiger partial charge in [-0.1, -0.05) is 32.0 Å². The summed E-state index contributed by atoms with van der Waals surface area (Å²) in [6, 6.07) is 8.08. The Labute approximate surface area is 143 Å². The van der Waals surface area contributed by atoms with E-state index in [1.807, 2.05) is 24.3 Å². The molecular formula is C19H27NO4. The Hall–Kier alpha value is -2.04. The van der Waals surface area contributed by atoms with Crippen LogP contribution in [-0.4, -0.2) is 41.6 Å². The number of aliphatic carboxylic acids is 1. The zero-order valence-electron chi connectivity index (χ0n) is 14.7. The van der Waals surface area contributed by atoms with Crippen LogP contribution in [0.15, 0.2) is 24.3 Å². The summed E-state index contributed by atoms with van der Waals surface area (Å²) in [7, 11) is 1.65. The van der Waals surface area contributed by atoms with Crippen LogP contribution in [0.25, 0.3) is 0 Å². The van der Waals surface area contributed by atoms with Crippen LogP contribution in [0.4, 0.5) is 0 Å². The summed E-state index contributed by atoms with van der Waals surface area (Å²) in [5.41, 5.74) is 1.09. The van der Waals surface area contributed by atoms with Crippen molar-refractivity contribution in [3.8, 4) is 5.75 Å². The van der Waals surface area contributed by atoms with Gasteiger partial charge < -0.3 is 14.7 Å². The molecule has 1 aliphatic rings. The molecule has 0 radical (unpaired) electrons. The molecule has 24 heavy (non-hydrogen) atoms. The van der Waals surface area contributed by atoms with Crippen LogP contribution in [0.1, 0.15) is 38.7 Å². The Morgan fingerprint density at radius 3 is 2.54 bits per heavy atom. The van der Waals surface area contributed by atoms with Gasteiger partial charge in [0, 0.05) is 19.0 Å². The fourth-order valence-corrected chi connectivity index (χ4v) is 2.95. The molecule has 0 heterocycles. The molecule has 1 amide bonds. The van der Waals surface area contributed by atoms with Crippen molar-refractivity contribution in [2.24, 2.45) is 11.8 Å². The molecule has 5 heteroatoms. The predicted octanol–water partition coefficient (Wildman–Crippen LogP) is 2.98. The van der Waals surface area contributed by atoms with Gasteiger partial charge in [-0.15, -0.1) is 0 Å². The van der Waals surface area contributed by atoms with Gasteiger partial charge >= 0.3 is 5.97 Å². The molecule has 1 N–H and O–H groups in total. The van der Waals surface area contributed by atoms with Crippen molar-refractivity contribution < 1.29 is 19.4 Å². The maximum Gasteiger partial charge on any atom is 0.308 e. The van der Waals surface area contributed by atoms with E-state index >= 15 is 0 Å². The van der Waals surface area contributed by atoms with Crippen LogP contribution < -0.4 is 4.74 Å². The van der Waals surface area contributed by atoms with Gasteiger partial charge in [-0.25, -0.2) is 0 Å². The number of ether oxygens (including phenoxy) is 1. The highest BCUT2D eigenvalue weighted by atomic mass is 16.5. The number of benzene rings is 1. The molecule has 1 aromatic carbocycles.